The monoisotopic (exact) mass is 429 g/mol. The third-order valence-corrected chi connectivity index (χ3v) is 4.86. The number of amides is 3. The van der Waals surface area contributed by atoms with Gasteiger partial charge in [0.1, 0.15) is 12.1 Å². The summed E-state index contributed by atoms with van der Waals surface area (Å²) in [6, 6.07) is -3.00. The standard InChI is InChI=1S/C18H31N5O7/c19-8-2-1-4-11(20)16(27)21-10-14(24)23-9-3-5-13(23)17(28)22-12(18(29)30)6-7-15(25)26/h11-13H,1-10,19-20H2,(H,21,27)(H,22,28)(H,25,26)(H,29,30). The van der Waals surface area contributed by atoms with Crippen molar-refractivity contribution in [1.29, 1.82) is 0 Å². The van der Waals surface area contributed by atoms with Crippen molar-refractivity contribution >= 4 is 29.7 Å². The number of carbonyl (C=O) groups excluding carboxylic acids is 3. The van der Waals surface area contributed by atoms with Gasteiger partial charge in [-0.2, -0.15) is 0 Å². The minimum absolute atomic E-state index is 0.269. The van der Waals surface area contributed by atoms with Gasteiger partial charge < -0.3 is 37.2 Å². The van der Waals surface area contributed by atoms with E-state index in [0.717, 1.165) is 6.42 Å². The zero-order valence-corrected chi connectivity index (χ0v) is 16.8. The molecule has 1 saturated heterocycles. The number of nitrogens with zero attached hydrogens (tertiary/aromatic N) is 1. The number of nitrogens with one attached hydrogen (secondary N) is 2. The maximum atomic E-state index is 12.5. The van der Waals surface area contributed by atoms with Crippen LogP contribution in [-0.2, 0) is 24.0 Å². The maximum Gasteiger partial charge on any atom is 0.326 e. The number of carboxylic acid groups (broad SMARTS) is 2. The third-order valence-electron chi connectivity index (χ3n) is 4.86. The lowest BCUT2D eigenvalue weighted by molar-refractivity contribution is -0.144. The van der Waals surface area contributed by atoms with Crippen LogP contribution in [0.1, 0.15) is 44.9 Å². The van der Waals surface area contributed by atoms with Crippen molar-refractivity contribution in [3.63, 3.8) is 0 Å². The number of likely N-dealkylation sites (tertiary alicyclic amines) is 1. The van der Waals surface area contributed by atoms with Crippen LogP contribution in [0.4, 0.5) is 0 Å². The van der Waals surface area contributed by atoms with Crippen LogP contribution < -0.4 is 22.1 Å². The van der Waals surface area contributed by atoms with Crippen LogP contribution in [0, 0.1) is 0 Å². The Bertz CT molecular complexity index is 642. The van der Waals surface area contributed by atoms with E-state index in [1.807, 2.05) is 0 Å². The Morgan fingerprint density at radius 1 is 1.10 bits per heavy atom. The molecule has 1 rings (SSSR count). The normalized spacial score (nSPS) is 17.8. The molecule has 0 bridgehead atoms. The molecule has 1 aliphatic heterocycles. The molecule has 0 spiro atoms. The van der Waals surface area contributed by atoms with E-state index in [4.69, 9.17) is 16.6 Å². The lowest BCUT2D eigenvalue weighted by Gasteiger charge is -2.25. The van der Waals surface area contributed by atoms with Crippen molar-refractivity contribution in [3.8, 4) is 0 Å². The second kappa shape index (κ2) is 12.8. The van der Waals surface area contributed by atoms with Crippen LogP contribution >= 0.6 is 0 Å². The lowest BCUT2D eigenvalue weighted by atomic mass is 10.1. The fourth-order valence-electron chi connectivity index (χ4n) is 3.17. The van der Waals surface area contributed by atoms with Gasteiger partial charge >= 0.3 is 11.9 Å². The van der Waals surface area contributed by atoms with Crippen LogP contribution in [0.5, 0.6) is 0 Å². The minimum Gasteiger partial charge on any atom is -0.481 e. The van der Waals surface area contributed by atoms with Crippen LogP contribution in [0.3, 0.4) is 0 Å². The molecule has 0 aromatic rings. The number of unbranched alkanes of at least 4 members (excludes halogenated alkanes) is 1. The molecule has 3 unspecified atom stereocenters. The van der Waals surface area contributed by atoms with E-state index >= 15 is 0 Å². The SMILES string of the molecule is NCCCCC(N)C(=O)NCC(=O)N1CCCC1C(=O)NC(CCC(=O)O)C(=O)O. The zero-order valence-electron chi connectivity index (χ0n) is 16.8. The number of nitrogens with two attached hydrogens (primary N) is 2. The molecule has 1 aliphatic rings. The van der Waals surface area contributed by atoms with Crippen molar-refractivity contribution in [2.24, 2.45) is 11.5 Å². The van der Waals surface area contributed by atoms with E-state index in [9.17, 15) is 29.1 Å². The number of aliphatic carboxylic acids is 2. The van der Waals surface area contributed by atoms with Gasteiger partial charge in [-0.3, -0.25) is 19.2 Å². The molecule has 0 aliphatic carbocycles. The van der Waals surface area contributed by atoms with Gasteiger partial charge in [-0.25, -0.2) is 4.79 Å². The molecule has 8 N–H and O–H groups in total. The highest BCUT2D eigenvalue weighted by Crippen LogP contribution is 2.18. The minimum atomic E-state index is -1.36. The highest BCUT2D eigenvalue weighted by molar-refractivity contribution is 5.93. The van der Waals surface area contributed by atoms with Crippen LogP contribution in [0.25, 0.3) is 0 Å². The van der Waals surface area contributed by atoms with E-state index in [2.05, 4.69) is 10.6 Å². The maximum absolute atomic E-state index is 12.5. The van der Waals surface area contributed by atoms with Crippen LogP contribution in [0.2, 0.25) is 0 Å². The van der Waals surface area contributed by atoms with Gasteiger partial charge in [0, 0.05) is 13.0 Å². The number of carbonyl (C=O) groups is 5. The van der Waals surface area contributed by atoms with Crippen molar-refractivity contribution in [2.75, 3.05) is 19.6 Å². The van der Waals surface area contributed by atoms with Crippen molar-refractivity contribution in [2.45, 2.75) is 63.1 Å². The molecule has 0 aromatic heterocycles. The number of carboxylic acids is 2. The molecule has 170 valence electrons. The first-order chi connectivity index (χ1) is 14.2. The predicted octanol–water partition coefficient (Wildman–Crippen LogP) is -2.02. The average molecular weight is 429 g/mol. The summed E-state index contributed by atoms with van der Waals surface area (Å²) in [5.41, 5.74) is 11.2. The zero-order chi connectivity index (χ0) is 22.7. The first-order valence-electron chi connectivity index (χ1n) is 9.95. The first-order valence-corrected chi connectivity index (χ1v) is 9.95. The predicted molar refractivity (Wildman–Crippen MR) is 105 cm³/mol. The molecule has 0 aromatic carbocycles. The molecule has 3 atom stereocenters. The summed E-state index contributed by atoms with van der Waals surface area (Å²) in [7, 11) is 0. The van der Waals surface area contributed by atoms with Crippen LogP contribution in [0.15, 0.2) is 0 Å². The summed E-state index contributed by atoms with van der Waals surface area (Å²) in [4.78, 5) is 60.1. The highest BCUT2D eigenvalue weighted by atomic mass is 16.4. The molecule has 1 fully saturated rings. The largest absolute Gasteiger partial charge is 0.481 e. The molecule has 3 amide bonds. The number of rotatable bonds is 13. The lowest BCUT2D eigenvalue weighted by Crippen LogP contribution is -2.53. The van der Waals surface area contributed by atoms with Crippen molar-refractivity contribution in [1.82, 2.24) is 15.5 Å². The quantitative estimate of drug-likeness (QED) is 0.178. The van der Waals surface area contributed by atoms with Gasteiger partial charge in [0.15, 0.2) is 0 Å². The summed E-state index contributed by atoms with van der Waals surface area (Å²) >= 11 is 0. The fourth-order valence-corrected chi connectivity index (χ4v) is 3.17. The molecule has 0 radical (unpaired) electrons. The summed E-state index contributed by atoms with van der Waals surface area (Å²) < 4.78 is 0. The van der Waals surface area contributed by atoms with Gasteiger partial charge in [0.25, 0.3) is 0 Å². The second-order valence-corrected chi connectivity index (χ2v) is 7.19. The number of hydrogen-bond acceptors (Lipinski definition) is 7. The molecule has 12 nitrogen and oxygen atoms in total. The molecule has 30 heavy (non-hydrogen) atoms. The van der Waals surface area contributed by atoms with E-state index in [-0.39, 0.29) is 13.0 Å². The molecule has 1 heterocycles. The Morgan fingerprint density at radius 3 is 2.40 bits per heavy atom. The Morgan fingerprint density at radius 2 is 1.80 bits per heavy atom. The first kappa shape index (κ1) is 25.3. The van der Waals surface area contributed by atoms with Gasteiger partial charge in [-0.1, -0.05) is 6.42 Å². The van der Waals surface area contributed by atoms with Crippen molar-refractivity contribution < 1.29 is 34.2 Å². The topological polar surface area (TPSA) is 205 Å². The summed E-state index contributed by atoms with van der Waals surface area (Å²) in [6.45, 7) is 0.473. The summed E-state index contributed by atoms with van der Waals surface area (Å²) in [5.74, 6) is -4.14. The Labute approximate surface area is 174 Å². The summed E-state index contributed by atoms with van der Waals surface area (Å²) in [6.07, 6.45) is 2.09. The Kier molecular flexibility index (Phi) is 10.8. The van der Waals surface area contributed by atoms with Gasteiger partial charge in [-0.15, -0.1) is 0 Å². The number of hydrogen-bond donors (Lipinski definition) is 6. The fraction of sp³-hybridized carbons (Fsp3) is 0.722. The Balaban J connectivity index is 2.57. The van der Waals surface area contributed by atoms with E-state index in [1.165, 1.54) is 4.90 Å². The van der Waals surface area contributed by atoms with E-state index in [0.29, 0.717) is 38.8 Å². The summed E-state index contributed by atoms with van der Waals surface area (Å²) in [5, 5.41) is 22.6. The smallest absolute Gasteiger partial charge is 0.326 e. The average Bonchev–Trinajstić information content (AvgIpc) is 3.18. The van der Waals surface area contributed by atoms with Crippen LogP contribution in [-0.4, -0.2) is 82.5 Å². The second-order valence-electron chi connectivity index (χ2n) is 7.19. The Hall–Kier alpha value is -2.73. The molecular weight excluding hydrogens is 398 g/mol. The molecular formula is C18H31N5O7. The molecule has 0 saturated carbocycles. The molecule has 12 heteroatoms. The van der Waals surface area contributed by atoms with E-state index in [1.54, 1.807) is 0 Å². The van der Waals surface area contributed by atoms with Crippen molar-refractivity contribution in [3.05, 3.63) is 0 Å². The highest BCUT2D eigenvalue weighted by Gasteiger charge is 2.36. The third kappa shape index (κ3) is 8.33. The van der Waals surface area contributed by atoms with Gasteiger partial charge in [0.2, 0.25) is 17.7 Å². The van der Waals surface area contributed by atoms with E-state index < -0.39 is 54.2 Å². The van der Waals surface area contributed by atoms with Gasteiger partial charge in [-0.05, 0) is 38.6 Å². The van der Waals surface area contributed by atoms with Gasteiger partial charge in [0.05, 0.1) is 12.6 Å².